The maximum Gasteiger partial charge on any atom is 0.273 e. The van der Waals surface area contributed by atoms with Crippen LogP contribution in [0.3, 0.4) is 0 Å². The summed E-state index contributed by atoms with van der Waals surface area (Å²) in [4.78, 5) is 10.1. The minimum Gasteiger partial charge on any atom is -0.495 e. The monoisotopic (exact) mass is 328 g/mol. The minimum absolute atomic E-state index is 0.0223. The van der Waals surface area contributed by atoms with Gasteiger partial charge in [0.2, 0.25) is 10.0 Å². The summed E-state index contributed by atoms with van der Waals surface area (Å²) in [6.07, 6.45) is 3.58. The van der Waals surface area contributed by atoms with Crippen LogP contribution >= 0.6 is 0 Å². The Bertz CT molecular complexity index is 651. The van der Waals surface area contributed by atoms with Gasteiger partial charge in [0.1, 0.15) is 10.6 Å². The Balaban J connectivity index is 2.23. The fraction of sp³-hybridized carbons (Fsp3) is 0.571. The Labute approximate surface area is 129 Å². The predicted octanol–water partition coefficient (Wildman–Crippen LogP) is 2.46. The van der Waals surface area contributed by atoms with Gasteiger partial charge in [0, 0.05) is 12.1 Å². The van der Waals surface area contributed by atoms with Gasteiger partial charge in [0.15, 0.2) is 0 Å². The highest BCUT2D eigenvalue weighted by Crippen LogP contribution is 2.30. The summed E-state index contributed by atoms with van der Waals surface area (Å²) in [7, 11) is -2.47. The van der Waals surface area contributed by atoms with Crippen LogP contribution in [0.15, 0.2) is 23.1 Å². The molecule has 1 N–H and O–H groups in total. The highest BCUT2D eigenvalue weighted by molar-refractivity contribution is 7.89. The van der Waals surface area contributed by atoms with Crippen molar-refractivity contribution in [3.05, 3.63) is 28.3 Å². The minimum atomic E-state index is -3.76. The van der Waals surface area contributed by atoms with E-state index >= 15 is 0 Å². The number of nitro groups is 1. The lowest BCUT2D eigenvalue weighted by Crippen LogP contribution is -2.37. The number of hydrogen-bond acceptors (Lipinski definition) is 5. The number of nitrogens with zero attached hydrogens (tertiary/aromatic N) is 1. The maximum atomic E-state index is 12.5. The van der Waals surface area contributed by atoms with Gasteiger partial charge in [0.05, 0.1) is 18.1 Å². The van der Waals surface area contributed by atoms with Gasteiger partial charge in [-0.05, 0) is 37.7 Å². The average molecular weight is 328 g/mol. The smallest absolute Gasteiger partial charge is 0.273 e. The molecule has 7 nitrogen and oxygen atoms in total. The number of sulfonamides is 1. The Morgan fingerprint density at radius 1 is 1.27 bits per heavy atom. The molecule has 0 bridgehead atoms. The Hall–Kier alpha value is -1.67. The van der Waals surface area contributed by atoms with Crippen LogP contribution in [0, 0.1) is 16.0 Å². The van der Waals surface area contributed by atoms with Crippen LogP contribution < -0.4 is 9.46 Å². The summed E-state index contributed by atoms with van der Waals surface area (Å²) in [5.74, 6) is 0.598. The molecule has 0 unspecified atom stereocenters. The lowest BCUT2D eigenvalue weighted by molar-refractivity contribution is -0.385. The molecule has 122 valence electrons. The zero-order valence-corrected chi connectivity index (χ0v) is 13.4. The molecule has 1 saturated carbocycles. The molecule has 0 spiro atoms. The second-order valence-electron chi connectivity index (χ2n) is 5.67. The first-order valence-electron chi connectivity index (χ1n) is 7.18. The number of rotatable bonds is 5. The fourth-order valence-electron chi connectivity index (χ4n) is 2.65. The van der Waals surface area contributed by atoms with Gasteiger partial charge in [-0.2, -0.15) is 0 Å². The van der Waals surface area contributed by atoms with Crippen molar-refractivity contribution in [2.75, 3.05) is 7.11 Å². The van der Waals surface area contributed by atoms with Crippen molar-refractivity contribution in [2.45, 2.75) is 43.5 Å². The van der Waals surface area contributed by atoms with Crippen LogP contribution in [-0.2, 0) is 10.0 Å². The van der Waals surface area contributed by atoms with E-state index in [0.29, 0.717) is 5.92 Å². The van der Waals surface area contributed by atoms with E-state index in [0.717, 1.165) is 31.7 Å². The van der Waals surface area contributed by atoms with Crippen LogP contribution in [-0.4, -0.2) is 26.5 Å². The van der Waals surface area contributed by atoms with E-state index in [1.807, 2.05) is 0 Å². The van der Waals surface area contributed by atoms with Crippen molar-refractivity contribution in [2.24, 2.45) is 5.92 Å². The Kier molecular flexibility index (Phi) is 5.02. The summed E-state index contributed by atoms with van der Waals surface area (Å²) in [5, 5.41) is 10.8. The fourth-order valence-corrected chi connectivity index (χ4v) is 4.11. The number of nitrogens with one attached hydrogen (secondary N) is 1. The second-order valence-corrected chi connectivity index (χ2v) is 7.35. The van der Waals surface area contributed by atoms with E-state index in [1.54, 1.807) is 0 Å². The third-order valence-corrected chi connectivity index (χ3v) is 5.55. The van der Waals surface area contributed by atoms with E-state index in [2.05, 4.69) is 11.6 Å². The number of hydrogen-bond donors (Lipinski definition) is 1. The van der Waals surface area contributed by atoms with E-state index < -0.39 is 14.9 Å². The molecule has 22 heavy (non-hydrogen) atoms. The quantitative estimate of drug-likeness (QED) is 0.661. The van der Waals surface area contributed by atoms with Crippen molar-refractivity contribution in [1.29, 1.82) is 0 Å². The standard InChI is InChI=1S/C14H20N2O5S/c1-10-3-5-11(6-4-10)15-22(19,20)14-8-7-12(16(17)18)9-13(14)21-2/h7-11,15H,3-6H2,1-2H3. The molecule has 0 heterocycles. The van der Waals surface area contributed by atoms with Gasteiger partial charge in [-0.25, -0.2) is 13.1 Å². The molecule has 0 aliphatic heterocycles. The largest absolute Gasteiger partial charge is 0.495 e. The SMILES string of the molecule is COc1cc([N+](=O)[O-])ccc1S(=O)(=O)NC1CCC(C)CC1. The van der Waals surface area contributed by atoms with Crippen LogP contribution in [0.4, 0.5) is 5.69 Å². The molecule has 0 aromatic heterocycles. The first kappa shape index (κ1) is 16.7. The van der Waals surface area contributed by atoms with E-state index in [-0.39, 0.29) is 22.4 Å². The summed E-state index contributed by atoms with van der Waals surface area (Å²) in [5.41, 5.74) is -0.206. The third kappa shape index (κ3) is 3.75. The molecule has 1 aromatic carbocycles. The molecule has 8 heteroatoms. The number of non-ortho nitro benzene ring substituents is 1. The van der Waals surface area contributed by atoms with Crippen LogP contribution in [0.1, 0.15) is 32.6 Å². The van der Waals surface area contributed by atoms with Crippen molar-refractivity contribution < 1.29 is 18.1 Å². The summed E-state index contributed by atoms with van der Waals surface area (Å²) >= 11 is 0. The molecule has 1 aliphatic rings. The van der Waals surface area contributed by atoms with Gasteiger partial charge < -0.3 is 4.74 Å². The molecule has 0 amide bonds. The third-order valence-electron chi connectivity index (χ3n) is 3.99. The first-order chi connectivity index (χ1) is 10.3. The Morgan fingerprint density at radius 2 is 1.91 bits per heavy atom. The first-order valence-corrected chi connectivity index (χ1v) is 8.66. The molecular weight excluding hydrogens is 308 g/mol. The van der Waals surface area contributed by atoms with Gasteiger partial charge in [-0.15, -0.1) is 0 Å². The van der Waals surface area contributed by atoms with E-state index in [1.165, 1.54) is 19.2 Å². The molecule has 1 aromatic rings. The highest BCUT2D eigenvalue weighted by atomic mass is 32.2. The van der Waals surface area contributed by atoms with Gasteiger partial charge in [0.25, 0.3) is 5.69 Å². The summed E-state index contributed by atoms with van der Waals surface area (Å²) < 4.78 is 32.6. The molecular formula is C14H20N2O5S. The average Bonchev–Trinajstić information content (AvgIpc) is 2.48. The normalized spacial score (nSPS) is 22.3. The summed E-state index contributed by atoms with van der Waals surface area (Å²) in [6.45, 7) is 2.16. The number of benzene rings is 1. The van der Waals surface area contributed by atoms with Gasteiger partial charge in [-0.3, -0.25) is 10.1 Å². The van der Waals surface area contributed by atoms with Crippen molar-refractivity contribution in [3.63, 3.8) is 0 Å². The van der Waals surface area contributed by atoms with Crippen molar-refractivity contribution >= 4 is 15.7 Å². The predicted molar refractivity (Wildman–Crippen MR) is 81.4 cm³/mol. The summed E-state index contributed by atoms with van der Waals surface area (Å²) in [6, 6.07) is 3.41. The zero-order valence-electron chi connectivity index (χ0n) is 12.6. The molecule has 1 fully saturated rings. The molecule has 0 saturated heterocycles. The van der Waals surface area contributed by atoms with Crippen molar-refractivity contribution in [1.82, 2.24) is 4.72 Å². The molecule has 1 aliphatic carbocycles. The van der Waals surface area contributed by atoms with Gasteiger partial charge in [-0.1, -0.05) is 6.92 Å². The van der Waals surface area contributed by atoms with E-state index in [4.69, 9.17) is 4.74 Å². The van der Waals surface area contributed by atoms with Crippen LogP contribution in [0.5, 0.6) is 5.75 Å². The van der Waals surface area contributed by atoms with Crippen LogP contribution in [0.25, 0.3) is 0 Å². The molecule has 2 rings (SSSR count). The maximum absolute atomic E-state index is 12.5. The second kappa shape index (κ2) is 6.62. The molecule has 0 atom stereocenters. The number of nitro benzene ring substituents is 1. The lowest BCUT2D eigenvalue weighted by atomic mass is 9.88. The van der Waals surface area contributed by atoms with Crippen molar-refractivity contribution in [3.8, 4) is 5.75 Å². The highest BCUT2D eigenvalue weighted by Gasteiger charge is 2.27. The number of methoxy groups -OCH3 is 1. The zero-order chi connectivity index (χ0) is 16.3. The Morgan fingerprint density at radius 3 is 2.45 bits per heavy atom. The molecule has 0 radical (unpaired) electrons. The van der Waals surface area contributed by atoms with Crippen LogP contribution in [0.2, 0.25) is 0 Å². The topological polar surface area (TPSA) is 98.5 Å². The van der Waals surface area contributed by atoms with Gasteiger partial charge >= 0.3 is 0 Å². The van der Waals surface area contributed by atoms with E-state index in [9.17, 15) is 18.5 Å². The number of ether oxygens (including phenoxy) is 1. The lowest BCUT2D eigenvalue weighted by Gasteiger charge is -2.26.